The number of carboxylic acids is 1. The maximum absolute atomic E-state index is 13.3. The molecule has 0 saturated heterocycles. The first kappa shape index (κ1) is 13.4. The zero-order valence-electron chi connectivity index (χ0n) is 9.72. The van der Waals surface area contributed by atoms with Crippen LogP contribution in [0.5, 0.6) is 5.75 Å². The quantitative estimate of drug-likeness (QED) is 0.929. The molecule has 0 spiro atoms. The number of hydrogen-bond acceptors (Lipinski definition) is 2. The highest BCUT2D eigenvalue weighted by molar-refractivity contribution is 6.30. The van der Waals surface area contributed by atoms with Crippen LogP contribution in [0.25, 0.3) is 0 Å². The average molecular weight is 281 g/mol. The number of hydrogen-bond donors (Lipinski definition) is 1. The standard InChI is InChI=1S/C14H10ClFO3/c15-11-7-6-10(8-12(11)16)19-13(14(17)18)9-4-2-1-3-5-9/h1-8,13H,(H,17,18). The van der Waals surface area contributed by atoms with Crippen molar-refractivity contribution in [1.29, 1.82) is 0 Å². The highest BCUT2D eigenvalue weighted by Crippen LogP contribution is 2.25. The number of aliphatic carboxylic acids is 1. The number of rotatable bonds is 4. The Labute approximate surface area is 114 Å². The zero-order chi connectivity index (χ0) is 13.8. The predicted octanol–water partition coefficient (Wildman–Crippen LogP) is 3.68. The molecule has 0 bridgehead atoms. The van der Waals surface area contributed by atoms with Crippen LogP contribution in [-0.2, 0) is 4.79 Å². The van der Waals surface area contributed by atoms with Crippen LogP contribution < -0.4 is 4.74 Å². The van der Waals surface area contributed by atoms with Gasteiger partial charge in [-0.25, -0.2) is 9.18 Å². The second-order valence-corrected chi connectivity index (χ2v) is 4.23. The van der Waals surface area contributed by atoms with Gasteiger partial charge in [-0.2, -0.15) is 0 Å². The molecule has 3 nitrogen and oxygen atoms in total. The largest absolute Gasteiger partial charge is 0.478 e. The molecule has 2 aromatic rings. The van der Waals surface area contributed by atoms with E-state index >= 15 is 0 Å². The molecule has 1 N–H and O–H groups in total. The Morgan fingerprint density at radius 2 is 1.89 bits per heavy atom. The van der Waals surface area contributed by atoms with Crippen LogP contribution in [0.1, 0.15) is 11.7 Å². The second-order valence-electron chi connectivity index (χ2n) is 3.82. The van der Waals surface area contributed by atoms with Crippen molar-refractivity contribution in [3.05, 3.63) is 64.9 Å². The van der Waals surface area contributed by atoms with Gasteiger partial charge in [0, 0.05) is 11.6 Å². The summed E-state index contributed by atoms with van der Waals surface area (Å²) in [5.74, 6) is -1.70. The zero-order valence-corrected chi connectivity index (χ0v) is 10.5. The van der Waals surface area contributed by atoms with E-state index < -0.39 is 17.9 Å². The van der Waals surface area contributed by atoms with Gasteiger partial charge in [-0.05, 0) is 12.1 Å². The summed E-state index contributed by atoms with van der Waals surface area (Å²) in [7, 11) is 0. The van der Waals surface area contributed by atoms with Crippen LogP contribution in [0.3, 0.4) is 0 Å². The first-order valence-electron chi connectivity index (χ1n) is 5.47. The monoisotopic (exact) mass is 280 g/mol. The molecule has 0 amide bonds. The maximum atomic E-state index is 13.3. The summed E-state index contributed by atoms with van der Waals surface area (Å²) in [6.07, 6.45) is -1.19. The van der Waals surface area contributed by atoms with E-state index in [-0.39, 0.29) is 10.8 Å². The Hall–Kier alpha value is -2.07. The van der Waals surface area contributed by atoms with Crippen LogP contribution in [0, 0.1) is 5.82 Å². The van der Waals surface area contributed by atoms with Gasteiger partial charge in [0.15, 0.2) is 0 Å². The third kappa shape index (κ3) is 3.23. The topological polar surface area (TPSA) is 46.5 Å². The smallest absolute Gasteiger partial charge is 0.349 e. The van der Waals surface area contributed by atoms with Gasteiger partial charge in [0.2, 0.25) is 6.10 Å². The van der Waals surface area contributed by atoms with Crippen molar-refractivity contribution in [1.82, 2.24) is 0 Å². The van der Waals surface area contributed by atoms with Gasteiger partial charge in [-0.1, -0.05) is 41.9 Å². The van der Waals surface area contributed by atoms with Gasteiger partial charge < -0.3 is 9.84 Å². The minimum atomic E-state index is -1.19. The lowest BCUT2D eigenvalue weighted by Crippen LogP contribution is -2.18. The van der Waals surface area contributed by atoms with Crippen molar-refractivity contribution >= 4 is 17.6 Å². The second kappa shape index (κ2) is 5.71. The van der Waals surface area contributed by atoms with Gasteiger partial charge >= 0.3 is 5.97 Å². The molecule has 0 aliphatic rings. The summed E-state index contributed by atoms with van der Waals surface area (Å²) in [6, 6.07) is 12.2. The van der Waals surface area contributed by atoms with Crippen molar-refractivity contribution in [2.75, 3.05) is 0 Å². The molecule has 0 radical (unpaired) electrons. The van der Waals surface area contributed by atoms with Gasteiger partial charge in [0.1, 0.15) is 11.6 Å². The van der Waals surface area contributed by atoms with E-state index in [9.17, 15) is 9.18 Å². The Morgan fingerprint density at radius 1 is 1.21 bits per heavy atom. The van der Waals surface area contributed by atoms with Crippen molar-refractivity contribution in [2.24, 2.45) is 0 Å². The van der Waals surface area contributed by atoms with E-state index in [4.69, 9.17) is 21.4 Å². The fourth-order valence-electron chi connectivity index (χ4n) is 1.58. The number of carbonyl (C=O) groups is 1. The first-order valence-corrected chi connectivity index (χ1v) is 5.85. The molecule has 0 aliphatic carbocycles. The van der Waals surface area contributed by atoms with Crippen LogP contribution in [-0.4, -0.2) is 11.1 Å². The summed E-state index contributed by atoms with van der Waals surface area (Å²) in [5.41, 5.74) is 0.477. The molecule has 2 aromatic carbocycles. The molecule has 19 heavy (non-hydrogen) atoms. The molecule has 0 fully saturated rings. The first-order chi connectivity index (χ1) is 9.08. The van der Waals surface area contributed by atoms with Gasteiger partial charge in [0.05, 0.1) is 5.02 Å². The third-order valence-corrected chi connectivity index (χ3v) is 2.78. The minimum absolute atomic E-state index is 0.0427. The summed E-state index contributed by atoms with van der Waals surface area (Å²) >= 11 is 5.55. The van der Waals surface area contributed by atoms with Crippen LogP contribution in [0.4, 0.5) is 4.39 Å². The maximum Gasteiger partial charge on any atom is 0.349 e. The van der Waals surface area contributed by atoms with Crippen molar-refractivity contribution in [2.45, 2.75) is 6.10 Å². The Balaban J connectivity index is 2.27. The Kier molecular flexibility index (Phi) is 4.02. The van der Waals surface area contributed by atoms with E-state index in [2.05, 4.69) is 0 Å². The highest BCUT2D eigenvalue weighted by Gasteiger charge is 2.21. The molecule has 0 saturated carbocycles. The average Bonchev–Trinajstić information content (AvgIpc) is 2.40. The van der Waals surface area contributed by atoms with Crippen molar-refractivity contribution < 1.29 is 19.0 Å². The van der Waals surface area contributed by atoms with E-state index in [1.807, 2.05) is 0 Å². The van der Waals surface area contributed by atoms with Gasteiger partial charge in [0.25, 0.3) is 0 Å². The molecule has 98 valence electrons. The van der Waals surface area contributed by atoms with Crippen LogP contribution >= 0.6 is 11.6 Å². The van der Waals surface area contributed by atoms with Crippen molar-refractivity contribution in [3.8, 4) is 5.75 Å². The SMILES string of the molecule is O=C(O)C(Oc1ccc(Cl)c(F)c1)c1ccccc1. The molecular formula is C14H10ClFO3. The lowest BCUT2D eigenvalue weighted by molar-refractivity contribution is -0.145. The molecular weight excluding hydrogens is 271 g/mol. The van der Waals surface area contributed by atoms with E-state index in [1.54, 1.807) is 30.3 Å². The normalized spacial score (nSPS) is 11.9. The molecule has 1 unspecified atom stereocenters. The molecule has 0 aromatic heterocycles. The van der Waals surface area contributed by atoms with E-state index in [0.717, 1.165) is 6.07 Å². The summed E-state index contributed by atoms with van der Waals surface area (Å²) in [5, 5.41) is 9.12. The fraction of sp³-hybridized carbons (Fsp3) is 0.0714. The van der Waals surface area contributed by atoms with E-state index in [1.165, 1.54) is 12.1 Å². The molecule has 0 heterocycles. The van der Waals surface area contributed by atoms with Crippen LogP contribution in [0.15, 0.2) is 48.5 Å². The fourth-order valence-corrected chi connectivity index (χ4v) is 1.69. The van der Waals surface area contributed by atoms with Crippen LogP contribution in [0.2, 0.25) is 5.02 Å². The summed E-state index contributed by atoms with van der Waals surface area (Å²) in [4.78, 5) is 11.2. The van der Waals surface area contributed by atoms with Crippen molar-refractivity contribution in [3.63, 3.8) is 0 Å². The molecule has 5 heteroatoms. The molecule has 2 rings (SSSR count). The summed E-state index contributed by atoms with van der Waals surface area (Å²) < 4.78 is 18.6. The molecule has 0 aliphatic heterocycles. The predicted molar refractivity (Wildman–Crippen MR) is 68.9 cm³/mol. The molecule has 1 atom stereocenters. The summed E-state index contributed by atoms with van der Waals surface area (Å²) in [6.45, 7) is 0. The minimum Gasteiger partial charge on any atom is -0.478 e. The Morgan fingerprint density at radius 3 is 2.47 bits per heavy atom. The Bertz CT molecular complexity index is 586. The number of carboxylic acid groups (broad SMARTS) is 1. The third-order valence-electron chi connectivity index (χ3n) is 2.47. The lowest BCUT2D eigenvalue weighted by atomic mass is 10.1. The van der Waals surface area contributed by atoms with E-state index in [0.29, 0.717) is 5.56 Å². The lowest BCUT2D eigenvalue weighted by Gasteiger charge is -2.15. The van der Waals surface area contributed by atoms with Gasteiger partial charge in [-0.15, -0.1) is 0 Å². The van der Waals surface area contributed by atoms with Gasteiger partial charge in [-0.3, -0.25) is 0 Å². The highest BCUT2D eigenvalue weighted by atomic mass is 35.5. The number of halogens is 2. The number of ether oxygens (including phenoxy) is 1. The number of benzene rings is 2.